The van der Waals surface area contributed by atoms with E-state index in [1.165, 1.54) is 0 Å². The van der Waals surface area contributed by atoms with Gasteiger partial charge in [-0.15, -0.1) is 0 Å². The zero-order chi connectivity index (χ0) is 9.14. The maximum absolute atomic E-state index is 10.6. The van der Waals surface area contributed by atoms with Crippen molar-refractivity contribution in [3.63, 3.8) is 0 Å². The molecule has 0 amide bonds. The van der Waals surface area contributed by atoms with Gasteiger partial charge < -0.3 is 9.94 Å². The molecule has 0 spiro atoms. The fourth-order valence-electron chi connectivity index (χ4n) is 1.66. The first-order valence-corrected chi connectivity index (χ1v) is 4.15. The lowest BCUT2D eigenvalue weighted by molar-refractivity contribution is -0.146. The van der Waals surface area contributed by atoms with Crippen LogP contribution in [0.1, 0.15) is 19.3 Å². The van der Waals surface area contributed by atoms with Crippen molar-refractivity contribution < 1.29 is 14.7 Å². The Morgan fingerprint density at radius 2 is 2.25 bits per heavy atom. The third-order valence-electron chi connectivity index (χ3n) is 2.56. The molecule has 0 aromatic heterocycles. The highest BCUT2D eigenvalue weighted by atomic mass is 16.7. The normalized spacial score (nSPS) is 29.6. The topological polar surface area (TPSA) is 49.8 Å². The third kappa shape index (κ3) is 1.95. The molecule has 2 atom stereocenters. The Hall–Kier alpha value is -0.610. The van der Waals surface area contributed by atoms with Crippen molar-refractivity contribution in [2.24, 2.45) is 5.92 Å². The van der Waals surface area contributed by atoms with E-state index in [1.807, 2.05) is 7.05 Å². The van der Waals surface area contributed by atoms with Gasteiger partial charge in [0, 0.05) is 13.1 Å². The number of nitrogens with zero attached hydrogens (tertiary/aromatic N) is 1. The maximum Gasteiger partial charge on any atom is 0.306 e. The molecule has 0 aromatic carbocycles. The van der Waals surface area contributed by atoms with E-state index in [9.17, 15) is 4.79 Å². The number of hydrogen-bond acceptors (Lipinski definition) is 3. The van der Waals surface area contributed by atoms with Crippen LogP contribution in [0.2, 0.25) is 0 Å². The minimum absolute atomic E-state index is 0.174. The zero-order valence-electron chi connectivity index (χ0n) is 7.49. The van der Waals surface area contributed by atoms with Crippen molar-refractivity contribution in [1.29, 1.82) is 0 Å². The lowest BCUT2D eigenvalue weighted by Gasteiger charge is -2.20. The van der Waals surface area contributed by atoms with Gasteiger partial charge in [0.15, 0.2) is 0 Å². The predicted octanol–water partition coefficient (Wildman–Crippen LogP) is 0.733. The van der Waals surface area contributed by atoms with Crippen LogP contribution in [0.15, 0.2) is 0 Å². The first kappa shape index (κ1) is 9.48. The molecule has 0 radical (unpaired) electrons. The van der Waals surface area contributed by atoms with E-state index < -0.39 is 5.97 Å². The summed E-state index contributed by atoms with van der Waals surface area (Å²) in [6.45, 7) is 0. The number of carbonyl (C=O) groups is 1. The average Bonchev–Trinajstić information content (AvgIpc) is 2.51. The fraction of sp³-hybridized carbons (Fsp3) is 0.875. The molecular weight excluding hydrogens is 158 g/mol. The summed E-state index contributed by atoms with van der Waals surface area (Å²) in [7, 11) is 3.45. The lowest BCUT2D eigenvalue weighted by Crippen LogP contribution is -2.28. The monoisotopic (exact) mass is 173 g/mol. The van der Waals surface area contributed by atoms with Gasteiger partial charge in [0.05, 0.1) is 13.0 Å². The Balaban J connectivity index is 2.40. The summed E-state index contributed by atoms with van der Waals surface area (Å²) in [5, 5.41) is 10.5. The minimum Gasteiger partial charge on any atom is -0.481 e. The molecule has 0 unspecified atom stereocenters. The highest BCUT2D eigenvalue weighted by Gasteiger charge is 2.31. The number of hydrogen-bond donors (Lipinski definition) is 1. The van der Waals surface area contributed by atoms with Crippen LogP contribution in [-0.4, -0.2) is 36.3 Å². The first-order chi connectivity index (χ1) is 5.65. The second-order valence-corrected chi connectivity index (χ2v) is 3.23. The van der Waals surface area contributed by atoms with Crippen LogP contribution >= 0.6 is 0 Å². The summed E-state index contributed by atoms with van der Waals surface area (Å²) < 4.78 is 0. The largest absolute Gasteiger partial charge is 0.481 e. The van der Waals surface area contributed by atoms with E-state index in [4.69, 9.17) is 9.94 Å². The van der Waals surface area contributed by atoms with Crippen LogP contribution in [0.4, 0.5) is 0 Å². The summed E-state index contributed by atoms with van der Waals surface area (Å²) in [4.78, 5) is 15.6. The molecule has 1 aliphatic carbocycles. The van der Waals surface area contributed by atoms with Gasteiger partial charge in [0.2, 0.25) is 0 Å². The van der Waals surface area contributed by atoms with Crippen LogP contribution in [-0.2, 0) is 9.63 Å². The van der Waals surface area contributed by atoms with E-state index in [0.29, 0.717) is 6.42 Å². The molecule has 4 nitrogen and oxygen atoms in total. The molecule has 0 aliphatic heterocycles. The third-order valence-corrected chi connectivity index (χ3v) is 2.56. The van der Waals surface area contributed by atoms with Crippen molar-refractivity contribution in [3.8, 4) is 0 Å². The van der Waals surface area contributed by atoms with Crippen LogP contribution < -0.4 is 0 Å². The van der Waals surface area contributed by atoms with Gasteiger partial charge in [-0.3, -0.25) is 4.79 Å². The summed E-state index contributed by atoms with van der Waals surface area (Å²) in [6.07, 6.45) is 2.40. The molecular formula is C8H15NO3. The molecule has 70 valence electrons. The number of carboxylic acids is 1. The Kier molecular flexibility index (Phi) is 3.05. The molecule has 1 fully saturated rings. The molecule has 1 rings (SSSR count). The maximum atomic E-state index is 10.6. The van der Waals surface area contributed by atoms with Crippen molar-refractivity contribution in [2.45, 2.75) is 25.3 Å². The van der Waals surface area contributed by atoms with Crippen LogP contribution in [0.3, 0.4) is 0 Å². The molecule has 1 N–H and O–H groups in total. The SMILES string of the molecule is CON(C)[C@@H]1CC[C@H](C(=O)O)C1. The summed E-state index contributed by atoms with van der Waals surface area (Å²) in [6, 6.07) is 0.274. The van der Waals surface area contributed by atoms with Crippen molar-refractivity contribution in [2.75, 3.05) is 14.2 Å². The van der Waals surface area contributed by atoms with Gasteiger partial charge in [-0.05, 0) is 19.3 Å². The number of hydroxylamine groups is 2. The summed E-state index contributed by atoms with van der Waals surface area (Å²) in [5.41, 5.74) is 0. The van der Waals surface area contributed by atoms with E-state index in [0.717, 1.165) is 12.8 Å². The summed E-state index contributed by atoms with van der Waals surface area (Å²) >= 11 is 0. The highest BCUT2D eigenvalue weighted by molar-refractivity contribution is 5.70. The Morgan fingerprint density at radius 1 is 1.58 bits per heavy atom. The molecule has 4 heteroatoms. The van der Waals surface area contributed by atoms with Gasteiger partial charge in [0.25, 0.3) is 0 Å². The van der Waals surface area contributed by atoms with Crippen molar-refractivity contribution in [3.05, 3.63) is 0 Å². The Morgan fingerprint density at radius 3 is 2.67 bits per heavy atom. The zero-order valence-corrected chi connectivity index (χ0v) is 7.49. The highest BCUT2D eigenvalue weighted by Crippen LogP contribution is 2.28. The lowest BCUT2D eigenvalue weighted by atomic mass is 10.1. The van der Waals surface area contributed by atoms with E-state index in [1.54, 1.807) is 12.2 Å². The standard InChI is InChI=1S/C8H15NO3/c1-9(12-2)7-4-3-6(5-7)8(10)11/h6-7H,3-5H2,1-2H3,(H,10,11)/t6-,7+/m0/s1. The fourth-order valence-corrected chi connectivity index (χ4v) is 1.66. The smallest absolute Gasteiger partial charge is 0.306 e. The number of aliphatic carboxylic acids is 1. The average molecular weight is 173 g/mol. The van der Waals surface area contributed by atoms with E-state index >= 15 is 0 Å². The second kappa shape index (κ2) is 3.87. The van der Waals surface area contributed by atoms with Gasteiger partial charge in [0.1, 0.15) is 0 Å². The first-order valence-electron chi connectivity index (χ1n) is 4.15. The van der Waals surface area contributed by atoms with E-state index in [2.05, 4.69) is 0 Å². The molecule has 1 saturated carbocycles. The van der Waals surface area contributed by atoms with Crippen molar-refractivity contribution >= 4 is 5.97 Å². The molecule has 0 bridgehead atoms. The molecule has 1 aliphatic rings. The number of carboxylic acid groups (broad SMARTS) is 1. The predicted molar refractivity (Wildman–Crippen MR) is 43.5 cm³/mol. The second-order valence-electron chi connectivity index (χ2n) is 3.23. The van der Waals surface area contributed by atoms with E-state index in [-0.39, 0.29) is 12.0 Å². The molecule has 0 heterocycles. The van der Waals surface area contributed by atoms with Gasteiger partial charge in [-0.1, -0.05) is 0 Å². The van der Waals surface area contributed by atoms with Gasteiger partial charge >= 0.3 is 5.97 Å². The van der Waals surface area contributed by atoms with Gasteiger partial charge in [-0.2, -0.15) is 5.06 Å². The number of rotatable bonds is 3. The van der Waals surface area contributed by atoms with Crippen LogP contribution in [0, 0.1) is 5.92 Å². The quantitative estimate of drug-likeness (QED) is 0.639. The van der Waals surface area contributed by atoms with Crippen molar-refractivity contribution in [1.82, 2.24) is 5.06 Å². The minimum atomic E-state index is -0.679. The molecule has 12 heavy (non-hydrogen) atoms. The molecule has 0 aromatic rings. The Bertz CT molecular complexity index is 172. The summed E-state index contributed by atoms with van der Waals surface area (Å²) in [5.74, 6) is -0.852. The van der Waals surface area contributed by atoms with Crippen LogP contribution in [0.25, 0.3) is 0 Å². The molecule has 0 saturated heterocycles. The van der Waals surface area contributed by atoms with Crippen LogP contribution in [0.5, 0.6) is 0 Å². The van der Waals surface area contributed by atoms with Gasteiger partial charge in [-0.25, -0.2) is 0 Å². The Labute approximate surface area is 72.1 Å².